The zero-order chi connectivity index (χ0) is 5.15. The number of carbonyl (C=O) groups is 2. The predicted molar refractivity (Wildman–Crippen MR) is 10.0 cm³/mol. The second kappa shape index (κ2) is 8.50. The van der Waals surface area contributed by atoms with Crippen LogP contribution < -0.4 is 61.6 Å². The number of carboxylic acids is 2. The molecule has 0 aromatic rings. The van der Waals surface area contributed by atoms with Crippen molar-refractivity contribution in [2.75, 3.05) is 0 Å². The smallest absolute Gasteiger partial charge is 0.543 e. The van der Waals surface area contributed by atoms with Gasteiger partial charge >= 0.3 is 78.7 Å². The Labute approximate surface area is 108 Å². The van der Waals surface area contributed by atoms with Crippen LogP contribution in [0.4, 0.5) is 0 Å². The van der Waals surface area contributed by atoms with Crippen LogP contribution in [0.1, 0.15) is 0 Å². The largest absolute Gasteiger partial charge is 2.00 e. The van der Waals surface area contributed by atoms with Crippen LogP contribution in [0, 0.1) is 0 Å². The fourth-order valence-electron chi connectivity index (χ4n) is 0. The van der Waals surface area contributed by atoms with E-state index in [0.29, 0.717) is 0 Å². The molecule has 8 heavy (non-hydrogen) atoms. The maximum atomic E-state index is 8.93. The predicted octanol–water partition coefficient (Wildman–Crippen LogP) is -6.51. The van der Waals surface area contributed by atoms with Crippen molar-refractivity contribution in [1.29, 1.82) is 0 Å². The van der Waals surface area contributed by atoms with Crippen molar-refractivity contribution in [3.8, 4) is 0 Å². The van der Waals surface area contributed by atoms with E-state index in [1.807, 2.05) is 0 Å². The number of hydrogen-bond acceptors (Lipinski definition) is 4. The molecule has 0 aliphatic carbocycles. The summed E-state index contributed by atoms with van der Waals surface area (Å²) in [5.74, 6) is -4.37. The summed E-state index contributed by atoms with van der Waals surface area (Å²) >= 11 is 0. The molecular weight excluding hydrogens is 240 g/mol. The summed E-state index contributed by atoms with van der Waals surface area (Å²) < 4.78 is 0. The van der Waals surface area contributed by atoms with E-state index < -0.39 is 11.9 Å². The molecule has 0 radical (unpaired) electrons. The Kier molecular flexibility index (Phi) is 17.3. The van der Waals surface area contributed by atoms with Crippen LogP contribution in [0.5, 0.6) is 0 Å². The second-order valence-electron chi connectivity index (χ2n) is 0.575. The Morgan fingerprint density at radius 1 is 1.00 bits per heavy atom. The molecule has 0 amide bonds. The van der Waals surface area contributed by atoms with Gasteiger partial charge in [0.25, 0.3) is 0 Å². The van der Waals surface area contributed by atoms with Gasteiger partial charge in [0.15, 0.2) is 0 Å². The molecule has 0 fully saturated rings. The number of carboxylic acid groups (broad SMARTS) is 2. The van der Waals surface area contributed by atoms with Crippen LogP contribution in [0.15, 0.2) is 0 Å². The summed E-state index contributed by atoms with van der Waals surface area (Å²) in [7, 11) is 0. The van der Waals surface area contributed by atoms with E-state index in [0.717, 1.165) is 0 Å². The molecule has 0 aromatic heterocycles. The SMILES string of the molecule is O=C([O-])C(=O)[O-].[Cd+2].[K+]. The molecule has 34 valence electrons. The third kappa shape index (κ3) is 10.5. The van der Waals surface area contributed by atoms with E-state index in [-0.39, 0.29) is 78.7 Å². The van der Waals surface area contributed by atoms with Crippen LogP contribution in [0.25, 0.3) is 0 Å². The van der Waals surface area contributed by atoms with E-state index in [2.05, 4.69) is 0 Å². The summed E-state index contributed by atoms with van der Waals surface area (Å²) in [6.45, 7) is 0. The maximum absolute atomic E-state index is 8.93. The van der Waals surface area contributed by atoms with Crippen molar-refractivity contribution in [3.05, 3.63) is 0 Å². The van der Waals surface area contributed by atoms with Gasteiger partial charge in [0.1, 0.15) is 0 Å². The minimum Gasteiger partial charge on any atom is -0.543 e. The third-order valence-corrected chi connectivity index (χ3v) is 0.167. The van der Waals surface area contributed by atoms with Gasteiger partial charge in [0.2, 0.25) is 0 Å². The van der Waals surface area contributed by atoms with Crippen molar-refractivity contribution < 1.29 is 98.5 Å². The average molecular weight is 240 g/mol. The van der Waals surface area contributed by atoms with Crippen molar-refractivity contribution in [1.82, 2.24) is 0 Å². The van der Waals surface area contributed by atoms with Crippen LogP contribution in [0.2, 0.25) is 0 Å². The summed E-state index contributed by atoms with van der Waals surface area (Å²) in [6.07, 6.45) is 0. The normalized spacial score (nSPS) is 5.50. The molecule has 6 heteroatoms. The van der Waals surface area contributed by atoms with Crippen LogP contribution in [-0.4, -0.2) is 11.9 Å². The molecule has 4 nitrogen and oxygen atoms in total. The number of rotatable bonds is 0. The van der Waals surface area contributed by atoms with Gasteiger partial charge < -0.3 is 19.8 Å². The first-order valence-corrected chi connectivity index (χ1v) is 1.07. The van der Waals surface area contributed by atoms with E-state index >= 15 is 0 Å². The first kappa shape index (κ1) is 16.2. The molecular formula is C2CdKO4+. The van der Waals surface area contributed by atoms with E-state index in [1.54, 1.807) is 0 Å². The zero-order valence-corrected chi connectivity index (χ0v) is 11.5. The van der Waals surface area contributed by atoms with Crippen molar-refractivity contribution in [2.24, 2.45) is 0 Å². The maximum Gasteiger partial charge on any atom is 2.00 e. The van der Waals surface area contributed by atoms with Crippen molar-refractivity contribution in [3.63, 3.8) is 0 Å². The third-order valence-electron chi connectivity index (χ3n) is 0.167. The van der Waals surface area contributed by atoms with Gasteiger partial charge in [-0.1, -0.05) is 0 Å². The molecule has 0 saturated heterocycles. The van der Waals surface area contributed by atoms with Gasteiger partial charge in [0.05, 0.1) is 11.9 Å². The van der Waals surface area contributed by atoms with Crippen molar-refractivity contribution in [2.45, 2.75) is 0 Å². The Balaban J connectivity index is -0.000000125. The van der Waals surface area contributed by atoms with E-state index in [1.165, 1.54) is 0 Å². The minimum absolute atomic E-state index is 0. The van der Waals surface area contributed by atoms with Crippen LogP contribution in [0.3, 0.4) is 0 Å². The second-order valence-corrected chi connectivity index (χ2v) is 0.575. The van der Waals surface area contributed by atoms with Crippen LogP contribution >= 0.6 is 0 Å². The zero-order valence-electron chi connectivity index (χ0n) is 4.34. The molecule has 0 aliphatic rings. The Morgan fingerprint density at radius 3 is 1.12 bits per heavy atom. The monoisotopic (exact) mass is 241 g/mol. The molecule has 0 unspecified atom stereocenters. The van der Waals surface area contributed by atoms with Gasteiger partial charge in [0, 0.05) is 0 Å². The molecule has 0 aromatic carbocycles. The fourth-order valence-corrected chi connectivity index (χ4v) is 0. The Hall–Kier alpha value is 1.50. The van der Waals surface area contributed by atoms with Crippen molar-refractivity contribution >= 4 is 11.9 Å². The first-order chi connectivity index (χ1) is 2.64. The molecule has 0 atom stereocenters. The summed E-state index contributed by atoms with van der Waals surface area (Å²) in [4.78, 5) is 17.9. The minimum atomic E-state index is -2.19. The van der Waals surface area contributed by atoms with Gasteiger partial charge in [-0.15, -0.1) is 0 Å². The molecule has 0 N–H and O–H groups in total. The molecule has 0 bridgehead atoms. The summed E-state index contributed by atoms with van der Waals surface area (Å²) in [6, 6.07) is 0. The first-order valence-electron chi connectivity index (χ1n) is 1.07. The van der Waals surface area contributed by atoms with Gasteiger partial charge in [-0.3, -0.25) is 0 Å². The van der Waals surface area contributed by atoms with Gasteiger partial charge in [-0.05, 0) is 0 Å². The topological polar surface area (TPSA) is 80.3 Å². The summed E-state index contributed by atoms with van der Waals surface area (Å²) in [5.41, 5.74) is 0. The van der Waals surface area contributed by atoms with Gasteiger partial charge in [-0.2, -0.15) is 0 Å². The molecule has 0 heterocycles. The molecule has 0 spiro atoms. The number of carbonyl (C=O) groups excluding carboxylic acids is 2. The van der Waals surface area contributed by atoms with E-state index in [9.17, 15) is 0 Å². The molecule has 0 rings (SSSR count). The van der Waals surface area contributed by atoms with Crippen LogP contribution in [-0.2, 0) is 36.9 Å². The average Bonchev–Trinajstić information content (AvgIpc) is 1.36. The Bertz CT molecular complexity index is 80.0. The van der Waals surface area contributed by atoms with E-state index in [4.69, 9.17) is 19.8 Å². The standard InChI is InChI=1S/C2H2O4.Cd.K/c3-1(4)2(5)6;;/h(H,3,4)(H,5,6);;/q;+2;+1/p-2. The van der Waals surface area contributed by atoms with Gasteiger partial charge in [-0.25, -0.2) is 0 Å². The quantitative estimate of drug-likeness (QED) is 0.311. The summed E-state index contributed by atoms with van der Waals surface area (Å²) in [5, 5.41) is 17.9. The molecule has 0 saturated carbocycles. The number of aliphatic carboxylic acids is 2. The number of hydrogen-bond donors (Lipinski definition) is 0. The fraction of sp³-hybridized carbons (Fsp3) is 0. The Morgan fingerprint density at radius 2 is 1.12 bits per heavy atom. The molecule has 0 aliphatic heterocycles.